The molecule has 1 fully saturated rings. The Morgan fingerprint density at radius 2 is 2.11 bits per heavy atom. The van der Waals surface area contributed by atoms with E-state index < -0.39 is 0 Å². The third kappa shape index (κ3) is 3.66. The number of nitrogens with zero attached hydrogens (tertiary/aromatic N) is 2. The molecule has 18 heavy (non-hydrogen) atoms. The van der Waals surface area contributed by atoms with Crippen LogP contribution in [0.1, 0.15) is 12.5 Å². The van der Waals surface area contributed by atoms with Gasteiger partial charge >= 0.3 is 0 Å². The summed E-state index contributed by atoms with van der Waals surface area (Å²) in [7, 11) is 0. The number of halogens is 1. The van der Waals surface area contributed by atoms with Crippen molar-refractivity contribution in [3.05, 3.63) is 39.9 Å². The molecule has 1 saturated heterocycles. The SMILES string of the molecule is CC1CNCCN1Cc1ccc([N+](=O)[O-])cc1.Cl. The van der Waals surface area contributed by atoms with Crippen molar-refractivity contribution in [2.45, 2.75) is 19.5 Å². The van der Waals surface area contributed by atoms with Crippen LogP contribution in [0.3, 0.4) is 0 Å². The maximum absolute atomic E-state index is 10.5. The summed E-state index contributed by atoms with van der Waals surface area (Å²) in [5, 5.41) is 13.9. The first kappa shape index (κ1) is 14.9. The van der Waals surface area contributed by atoms with Gasteiger partial charge in [-0.15, -0.1) is 12.4 Å². The molecule has 1 atom stereocenters. The van der Waals surface area contributed by atoms with E-state index >= 15 is 0 Å². The molecule has 0 bridgehead atoms. The molecule has 5 nitrogen and oxygen atoms in total. The Morgan fingerprint density at radius 3 is 2.67 bits per heavy atom. The van der Waals surface area contributed by atoms with Crippen LogP contribution in [-0.4, -0.2) is 35.5 Å². The molecule has 1 aliphatic heterocycles. The highest BCUT2D eigenvalue weighted by Crippen LogP contribution is 2.15. The summed E-state index contributed by atoms with van der Waals surface area (Å²) in [6.45, 7) is 6.10. The molecule has 1 heterocycles. The van der Waals surface area contributed by atoms with Crippen molar-refractivity contribution >= 4 is 18.1 Å². The Balaban J connectivity index is 0.00000162. The van der Waals surface area contributed by atoms with Crippen LogP contribution in [-0.2, 0) is 6.54 Å². The number of non-ortho nitro benzene ring substituents is 1. The Labute approximate surface area is 113 Å². The number of benzene rings is 1. The second-order valence-corrected chi connectivity index (χ2v) is 4.45. The first-order chi connectivity index (χ1) is 8.16. The summed E-state index contributed by atoms with van der Waals surface area (Å²) in [5.41, 5.74) is 1.28. The van der Waals surface area contributed by atoms with Gasteiger partial charge in [0.15, 0.2) is 0 Å². The number of nitro benzene ring substituents is 1. The molecule has 1 aromatic carbocycles. The number of hydrogen-bond donors (Lipinski definition) is 1. The number of hydrogen-bond acceptors (Lipinski definition) is 4. The van der Waals surface area contributed by atoms with E-state index in [1.165, 1.54) is 0 Å². The van der Waals surface area contributed by atoms with E-state index in [-0.39, 0.29) is 23.0 Å². The minimum absolute atomic E-state index is 0. The van der Waals surface area contributed by atoms with E-state index in [2.05, 4.69) is 17.1 Å². The second-order valence-electron chi connectivity index (χ2n) is 4.45. The lowest BCUT2D eigenvalue weighted by Crippen LogP contribution is -2.49. The molecule has 2 rings (SSSR count). The van der Waals surface area contributed by atoms with Crippen LogP contribution < -0.4 is 5.32 Å². The number of piperazine rings is 1. The van der Waals surface area contributed by atoms with Gasteiger partial charge in [-0.05, 0) is 12.5 Å². The van der Waals surface area contributed by atoms with Crippen LogP contribution in [0.2, 0.25) is 0 Å². The largest absolute Gasteiger partial charge is 0.314 e. The minimum Gasteiger partial charge on any atom is -0.314 e. The zero-order chi connectivity index (χ0) is 12.3. The van der Waals surface area contributed by atoms with E-state index in [4.69, 9.17) is 0 Å². The summed E-state index contributed by atoms with van der Waals surface area (Å²) < 4.78 is 0. The van der Waals surface area contributed by atoms with Crippen molar-refractivity contribution in [1.82, 2.24) is 10.2 Å². The predicted molar refractivity (Wildman–Crippen MR) is 73.1 cm³/mol. The molecule has 0 saturated carbocycles. The second kappa shape index (κ2) is 6.68. The van der Waals surface area contributed by atoms with Gasteiger partial charge in [0.2, 0.25) is 0 Å². The van der Waals surface area contributed by atoms with Crippen molar-refractivity contribution in [3.63, 3.8) is 0 Å². The smallest absolute Gasteiger partial charge is 0.269 e. The Hall–Kier alpha value is -1.17. The quantitative estimate of drug-likeness (QED) is 0.673. The minimum atomic E-state index is -0.364. The van der Waals surface area contributed by atoms with Gasteiger partial charge in [-0.3, -0.25) is 15.0 Å². The van der Waals surface area contributed by atoms with Gasteiger partial charge in [-0.25, -0.2) is 0 Å². The maximum Gasteiger partial charge on any atom is 0.269 e. The zero-order valence-corrected chi connectivity index (χ0v) is 11.2. The zero-order valence-electron chi connectivity index (χ0n) is 10.3. The first-order valence-electron chi connectivity index (χ1n) is 5.85. The molecule has 1 aromatic rings. The molecule has 1 N–H and O–H groups in total. The van der Waals surface area contributed by atoms with Gasteiger partial charge in [-0.2, -0.15) is 0 Å². The molecular formula is C12H18ClN3O2. The van der Waals surface area contributed by atoms with E-state index in [1.807, 2.05) is 12.1 Å². The average Bonchev–Trinajstić information content (AvgIpc) is 2.33. The summed E-state index contributed by atoms with van der Waals surface area (Å²) in [4.78, 5) is 12.6. The summed E-state index contributed by atoms with van der Waals surface area (Å²) >= 11 is 0. The number of rotatable bonds is 3. The average molecular weight is 272 g/mol. The molecule has 0 aliphatic carbocycles. The fourth-order valence-electron chi connectivity index (χ4n) is 2.08. The van der Waals surface area contributed by atoms with Gasteiger partial charge < -0.3 is 5.32 Å². The molecule has 1 unspecified atom stereocenters. The Kier molecular flexibility index (Phi) is 5.53. The highest BCUT2D eigenvalue weighted by atomic mass is 35.5. The van der Waals surface area contributed by atoms with Crippen LogP contribution in [0, 0.1) is 10.1 Å². The fourth-order valence-corrected chi connectivity index (χ4v) is 2.08. The van der Waals surface area contributed by atoms with Gasteiger partial charge in [-0.1, -0.05) is 12.1 Å². The van der Waals surface area contributed by atoms with Crippen molar-refractivity contribution < 1.29 is 4.92 Å². The van der Waals surface area contributed by atoms with Gasteiger partial charge in [0.1, 0.15) is 0 Å². The van der Waals surface area contributed by atoms with Crippen LogP contribution in [0.15, 0.2) is 24.3 Å². The van der Waals surface area contributed by atoms with Gasteiger partial charge in [0.05, 0.1) is 4.92 Å². The Bertz CT molecular complexity index is 397. The van der Waals surface area contributed by atoms with E-state index in [0.717, 1.165) is 31.7 Å². The van der Waals surface area contributed by atoms with Crippen LogP contribution in [0.5, 0.6) is 0 Å². The van der Waals surface area contributed by atoms with Crippen molar-refractivity contribution in [1.29, 1.82) is 0 Å². The summed E-state index contributed by atoms with van der Waals surface area (Å²) in [5.74, 6) is 0. The molecular weight excluding hydrogens is 254 g/mol. The van der Waals surface area contributed by atoms with Crippen molar-refractivity contribution in [3.8, 4) is 0 Å². The molecule has 0 spiro atoms. The monoisotopic (exact) mass is 271 g/mol. The normalized spacial score (nSPS) is 20.2. The summed E-state index contributed by atoms with van der Waals surface area (Å²) in [6, 6.07) is 7.34. The lowest BCUT2D eigenvalue weighted by Gasteiger charge is -2.33. The fraction of sp³-hybridized carbons (Fsp3) is 0.500. The molecule has 6 heteroatoms. The molecule has 0 aromatic heterocycles. The van der Waals surface area contributed by atoms with Crippen LogP contribution >= 0.6 is 12.4 Å². The van der Waals surface area contributed by atoms with E-state index in [1.54, 1.807) is 12.1 Å². The predicted octanol–water partition coefficient (Wildman–Crippen LogP) is 1.81. The lowest BCUT2D eigenvalue weighted by molar-refractivity contribution is -0.384. The molecule has 1 aliphatic rings. The highest BCUT2D eigenvalue weighted by molar-refractivity contribution is 5.85. The van der Waals surface area contributed by atoms with Gasteiger partial charge in [0, 0.05) is 44.4 Å². The topological polar surface area (TPSA) is 58.4 Å². The van der Waals surface area contributed by atoms with E-state index in [0.29, 0.717) is 6.04 Å². The Morgan fingerprint density at radius 1 is 1.44 bits per heavy atom. The maximum atomic E-state index is 10.5. The third-order valence-electron chi connectivity index (χ3n) is 3.17. The summed E-state index contributed by atoms with van der Waals surface area (Å²) in [6.07, 6.45) is 0. The molecule has 0 radical (unpaired) electrons. The van der Waals surface area contributed by atoms with E-state index in [9.17, 15) is 10.1 Å². The highest BCUT2D eigenvalue weighted by Gasteiger charge is 2.17. The van der Waals surface area contributed by atoms with Crippen LogP contribution in [0.4, 0.5) is 5.69 Å². The first-order valence-corrected chi connectivity index (χ1v) is 5.85. The lowest BCUT2D eigenvalue weighted by atomic mass is 10.1. The number of nitro groups is 1. The molecule has 0 amide bonds. The van der Waals surface area contributed by atoms with Crippen LogP contribution in [0.25, 0.3) is 0 Å². The van der Waals surface area contributed by atoms with Crippen molar-refractivity contribution in [2.24, 2.45) is 0 Å². The van der Waals surface area contributed by atoms with Crippen molar-refractivity contribution in [2.75, 3.05) is 19.6 Å². The third-order valence-corrected chi connectivity index (χ3v) is 3.17. The number of nitrogens with one attached hydrogen (secondary N) is 1. The molecule has 100 valence electrons. The van der Waals surface area contributed by atoms with Gasteiger partial charge in [0.25, 0.3) is 5.69 Å². The standard InChI is InChI=1S/C12H17N3O2.ClH/c1-10-8-13-6-7-14(10)9-11-2-4-12(5-3-11)15(16)17;/h2-5,10,13H,6-9H2,1H3;1H.